The molecule has 1 amide bonds. The van der Waals surface area contributed by atoms with Crippen LogP contribution < -0.4 is 10.2 Å². The highest BCUT2D eigenvalue weighted by Gasteiger charge is 2.20. The third-order valence-corrected chi connectivity index (χ3v) is 4.63. The lowest BCUT2D eigenvalue weighted by Gasteiger charge is -2.35. The van der Waals surface area contributed by atoms with Gasteiger partial charge in [0.15, 0.2) is 0 Å². The fourth-order valence-corrected chi connectivity index (χ4v) is 3.08. The number of non-ortho nitro benzene ring substituents is 1. The molecule has 0 radical (unpaired) electrons. The van der Waals surface area contributed by atoms with Crippen molar-refractivity contribution in [2.45, 2.75) is 0 Å². The van der Waals surface area contributed by atoms with Crippen LogP contribution in [0.4, 0.5) is 17.1 Å². The summed E-state index contributed by atoms with van der Waals surface area (Å²) in [6.07, 6.45) is 0. The Balaban J connectivity index is 1.53. The maximum Gasteiger partial charge on any atom is 0.271 e. The zero-order valence-corrected chi connectivity index (χ0v) is 14.9. The smallest absolute Gasteiger partial charge is 0.271 e. The van der Waals surface area contributed by atoms with E-state index in [-0.39, 0.29) is 28.8 Å². The predicted octanol–water partition coefficient (Wildman–Crippen LogP) is 3.01. The molecule has 3 rings (SSSR count). The van der Waals surface area contributed by atoms with Crippen LogP contribution in [0.2, 0.25) is 5.02 Å². The maximum absolute atomic E-state index is 12.3. The molecule has 1 aliphatic heterocycles. The molecule has 0 bridgehead atoms. The quantitative estimate of drug-likeness (QED) is 0.643. The molecule has 1 heterocycles. The maximum atomic E-state index is 12.3. The molecule has 0 aliphatic carbocycles. The van der Waals surface area contributed by atoms with Gasteiger partial charge in [-0.2, -0.15) is 0 Å². The highest BCUT2D eigenvalue weighted by Crippen LogP contribution is 2.26. The van der Waals surface area contributed by atoms with Crippen LogP contribution in [0.3, 0.4) is 0 Å². The van der Waals surface area contributed by atoms with Crippen molar-refractivity contribution in [2.75, 3.05) is 42.9 Å². The van der Waals surface area contributed by atoms with Crippen molar-refractivity contribution in [1.82, 2.24) is 4.90 Å². The highest BCUT2D eigenvalue weighted by molar-refractivity contribution is 6.33. The number of hydrogen-bond acceptors (Lipinski definition) is 5. The molecule has 26 heavy (non-hydrogen) atoms. The molecule has 1 fully saturated rings. The first-order chi connectivity index (χ1) is 12.5. The van der Waals surface area contributed by atoms with Gasteiger partial charge in [0.25, 0.3) is 5.69 Å². The molecule has 2 aromatic carbocycles. The second kappa shape index (κ2) is 8.16. The highest BCUT2D eigenvalue weighted by atomic mass is 35.5. The number of para-hydroxylation sites is 1. The molecule has 1 N–H and O–H groups in total. The van der Waals surface area contributed by atoms with E-state index in [1.54, 1.807) is 0 Å². The fraction of sp³-hybridized carbons (Fsp3) is 0.278. The van der Waals surface area contributed by atoms with E-state index in [4.69, 9.17) is 11.6 Å². The summed E-state index contributed by atoms with van der Waals surface area (Å²) in [4.78, 5) is 26.9. The molecule has 2 aromatic rings. The number of piperazine rings is 1. The number of halogens is 1. The van der Waals surface area contributed by atoms with Gasteiger partial charge in [-0.3, -0.25) is 19.8 Å². The van der Waals surface area contributed by atoms with Crippen molar-refractivity contribution in [3.63, 3.8) is 0 Å². The normalized spacial score (nSPS) is 14.9. The number of carbonyl (C=O) groups is 1. The van der Waals surface area contributed by atoms with Crippen molar-refractivity contribution < 1.29 is 9.72 Å². The Bertz CT molecular complexity index is 792. The van der Waals surface area contributed by atoms with Crippen LogP contribution in [0.15, 0.2) is 48.5 Å². The zero-order valence-electron chi connectivity index (χ0n) is 14.1. The monoisotopic (exact) mass is 374 g/mol. The van der Waals surface area contributed by atoms with Crippen LogP contribution in [0.25, 0.3) is 0 Å². The topological polar surface area (TPSA) is 78.7 Å². The molecular weight excluding hydrogens is 356 g/mol. The number of amides is 1. The van der Waals surface area contributed by atoms with E-state index in [0.717, 1.165) is 26.2 Å². The van der Waals surface area contributed by atoms with E-state index in [9.17, 15) is 14.9 Å². The van der Waals surface area contributed by atoms with Gasteiger partial charge in [0.1, 0.15) is 0 Å². The molecule has 136 valence electrons. The van der Waals surface area contributed by atoms with Gasteiger partial charge in [-0.1, -0.05) is 29.8 Å². The van der Waals surface area contributed by atoms with Gasteiger partial charge < -0.3 is 10.2 Å². The first-order valence-electron chi connectivity index (χ1n) is 8.29. The number of nitrogens with one attached hydrogen (secondary N) is 1. The summed E-state index contributed by atoms with van der Waals surface area (Å²) in [5.41, 5.74) is 1.33. The molecule has 1 saturated heterocycles. The van der Waals surface area contributed by atoms with Gasteiger partial charge in [0.2, 0.25) is 5.91 Å². The van der Waals surface area contributed by atoms with Crippen molar-refractivity contribution in [1.29, 1.82) is 0 Å². The molecule has 0 atom stereocenters. The molecule has 0 saturated carbocycles. The first kappa shape index (κ1) is 18.2. The van der Waals surface area contributed by atoms with Gasteiger partial charge >= 0.3 is 0 Å². The summed E-state index contributed by atoms with van der Waals surface area (Å²) >= 11 is 6.02. The third kappa shape index (κ3) is 4.50. The van der Waals surface area contributed by atoms with E-state index >= 15 is 0 Å². The number of carbonyl (C=O) groups excluding carboxylic acids is 1. The SMILES string of the molecule is O=C(CN1CCN(c2ccccc2)CC1)Nc1cc([N+](=O)[O-])ccc1Cl. The van der Waals surface area contributed by atoms with E-state index in [1.165, 1.54) is 23.9 Å². The second-order valence-corrected chi connectivity index (χ2v) is 6.48. The average molecular weight is 375 g/mol. The third-order valence-electron chi connectivity index (χ3n) is 4.30. The summed E-state index contributed by atoms with van der Waals surface area (Å²) in [5.74, 6) is -0.236. The molecule has 0 spiro atoms. The van der Waals surface area contributed by atoms with E-state index in [0.29, 0.717) is 0 Å². The van der Waals surface area contributed by atoms with Crippen molar-refractivity contribution in [3.05, 3.63) is 63.7 Å². The standard InChI is InChI=1S/C18H19ClN4O3/c19-16-7-6-15(23(25)26)12-17(16)20-18(24)13-21-8-10-22(11-9-21)14-4-2-1-3-5-14/h1-7,12H,8-11,13H2,(H,20,24). The lowest BCUT2D eigenvalue weighted by molar-refractivity contribution is -0.384. The Morgan fingerprint density at radius 1 is 1.12 bits per heavy atom. The van der Waals surface area contributed by atoms with Crippen LogP contribution in [0, 0.1) is 10.1 Å². The van der Waals surface area contributed by atoms with Crippen LogP contribution in [-0.4, -0.2) is 48.5 Å². The summed E-state index contributed by atoms with van der Waals surface area (Å²) in [7, 11) is 0. The molecule has 1 aliphatic rings. The number of benzene rings is 2. The van der Waals surface area contributed by atoms with Gasteiger partial charge in [0, 0.05) is 44.0 Å². The number of nitrogens with zero attached hydrogens (tertiary/aromatic N) is 3. The summed E-state index contributed by atoms with van der Waals surface area (Å²) in [5, 5.41) is 13.8. The van der Waals surface area contributed by atoms with Crippen molar-refractivity contribution in [3.8, 4) is 0 Å². The number of nitro benzene ring substituents is 1. The Labute approximate surface area is 156 Å². The van der Waals surface area contributed by atoms with Gasteiger partial charge in [-0.15, -0.1) is 0 Å². The first-order valence-corrected chi connectivity index (χ1v) is 8.67. The number of anilines is 2. The predicted molar refractivity (Wildman–Crippen MR) is 102 cm³/mol. The molecule has 7 nitrogen and oxygen atoms in total. The molecule has 0 unspecified atom stereocenters. The van der Waals surface area contributed by atoms with Gasteiger partial charge in [0.05, 0.1) is 22.2 Å². The fourth-order valence-electron chi connectivity index (χ4n) is 2.92. The van der Waals surface area contributed by atoms with E-state index in [1.807, 2.05) is 18.2 Å². The van der Waals surface area contributed by atoms with E-state index in [2.05, 4.69) is 27.2 Å². The number of rotatable bonds is 5. The van der Waals surface area contributed by atoms with Gasteiger partial charge in [-0.25, -0.2) is 0 Å². The Morgan fingerprint density at radius 3 is 2.46 bits per heavy atom. The van der Waals surface area contributed by atoms with Crippen molar-refractivity contribution in [2.24, 2.45) is 0 Å². The Morgan fingerprint density at radius 2 is 1.81 bits per heavy atom. The summed E-state index contributed by atoms with van der Waals surface area (Å²) in [6.45, 7) is 3.45. The van der Waals surface area contributed by atoms with Crippen LogP contribution >= 0.6 is 11.6 Å². The number of hydrogen-bond donors (Lipinski definition) is 1. The molecule has 8 heteroatoms. The van der Waals surface area contributed by atoms with Crippen LogP contribution in [-0.2, 0) is 4.79 Å². The minimum Gasteiger partial charge on any atom is -0.369 e. The molecular formula is C18H19ClN4O3. The van der Waals surface area contributed by atoms with Crippen molar-refractivity contribution >= 4 is 34.6 Å². The Hall–Kier alpha value is -2.64. The Kier molecular flexibility index (Phi) is 5.70. The zero-order chi connectivity index (χ0) is 18.5. The second-order valence-electron chi connectivity index (χ2n) is 6.07. The molecule has 0 aromatic heterocycles. The summed E-state index contributed by atoms with van der Waals surface area (Å²) in [6, 6.07) is 14.2. The minimum absolute atomic E-state index is 0.110. The van der Waals surface area contributed by atoms with Crippen LogP contribution in [0.5, 0.6) is 0 Å². The summed E-state index contributed by atoms with van der Waals surface area (Å²) < 4.78 is 0. The lowest BCUT2D eigenvalue weighted by atomic mass is 10.2. The van der Waals surface area contributed by atoms with Crippen LogP contribution in [0.1, 0.15) is 0 Å². The largest absolute Gasteiger partial charge is 0.369 e. The number of nitro groups is 1. The van der Waals surface area contributed by atoms with Gasteiger partial charge in [-0.05, 0) is 18.2 Å². The van der Waals surface area contributed by atoms with E-state index < -0.39 is 4.92 Å². The lowest BCUT2D eigenvalue weighted by Crippen LogP contribution is -2.48. The average Bonchev–Trinajstić information content (AvgIpc) is 2.64. The minimum atomic E-state index is -0.519.